The van der Waals surface area contributed by atoms with E-state index in [2.05, 4.69) is 167 Å². The van der Waals surface area contributed by atoms with Gasteiger partial charge in [-0.1, -0.05) is 115 Å². The van der Waals surface area contributed by atoms with E-state index in [1.165, 1.54) is 87.3 Å². The van der Waals surface area contributed by atoms with Crippen LogP contribution in [-0.2, 0) is 0 Å². The quantitative estimate of drug-likeness (QED) is 0.187. The molecule has 0 saturated carbocycles. The molecule has 10 aromatic rings. The summed E-state index contributed by atoms with van der Waals surface area (Å²) in [4.78, 5) is 0. The Kier molecular flexibility index (Phi) is 4.75. The first kappa shape index (κ1) is 23.7. The van der Waals surface area contributed by atoms with Crippen LogP contribution in [0, 0.1) is 0 Å². The van der Waals surface area contributed by atoms with Gasteiger partial charge in [0.1, 0.15) is 0 Å². The minimum absolute atomic E-state index is 1.17. The molecule has 0 unspecified atom stereocenters. The van der Waals surface area contributed by atoms with Gasteiger partial charge in [0, 0.05) is 32.9 Å². The summed E-state index contributed by atoms with van der Waals surface area (Å²) in [6, 6.07) is 57.7. The molecule has 0 aliphatic heterocycles. The SMILES string of the molecule is c1ccc(-n2c3ccccc3c3ccc4c(c5ccccc5n4-c4ccc5c6ccccc6c6ccccc6c5c4)c32)cc1. The Morgan fingerprint density at radius 3 is 1.45 bits per heavy atom. The van der Waals surface area contributed by atoms with Crippen molar-refractivity contribution in [2.24, 2.45) is 0 Å². The second kappa shape index (κ2) is 8.82. The minimum Gasteiger partial charge on any atom is -0.309 e. The van der Waals surface area contributed by atoms with Crippen molar-refractivity contribution in [3.63, 3.8) is 0 Å². The van der Waals surface area contributed by atoms with Crippen molar-refractivity contribution in [3.8, 4) is 11.4 Å². The monoisotopic (exact) mass is 558 g/mol. The zero-order valence-electron chi connectivity index (χ0n) is 23.9. The molecule has 204 valence electrons. The Morgan fingerprint density at radius 2 is 0.773 bits per heavy atom. The van der Waals surface area contributed by atoms with Crippen molar-refractivity contribution in [2.75, 3.05) is 0 Å². The molecule has 0 N–H and O–H groups in total. The van der Waals surface area contributed by atoms with E-state index in [1.807, 2.05) is 0 Å². The standard InChI is InChI=1S/C42H26N2/c1-2-12-27(13-3-1)44-38-20-10-8-18-34(38)35-24-25-40-41(42(35)44)36-19-9-11-21-39(36)43(40)28-22-23-33-31-16-5-4-14-29(31)30-15-6-7-17-32(30)37(33)26-28/h1-26H. The van der Waals surface area contributed by atoms with Gasteiger partial charge < -0.3 is 9.13 Å². The molecule has 0 amide bonds. The Balaban J connectivity index is 1.37. The number of rotatable bonds is 2. The highest BCUT2D eigenvalue weighted by atomic mass is 15.0. The maximum Gasteiger partial charge on any atom is 0.0641 e. The van der Waals surface area contributed by atoms with Gasteiger partial charge >= 0.3 is 0 Å². The molecule has 10 rings (SSSR count). The van der Waals surface area contributed by atoms with Crippen LogP contribution in [0.3, 0.4) is 0 Å². The minimum atomic E-state index is 1.17. The molecule has 2 aromatic heterocycles. The van der Waals surface area contributed by atoms with Crippen molar-refractivity contribution in [1.82, 2.24) is 9.13 Å². The predicted molar refractivity (Wildman–Crippen MR) is 188 cm³/mol. The topological polar surface area (TPSA) is 9.86 Å². The first-order valence-electron chi connectivity index (χ1n) is 15.2. The zero-order chi connectivity index (χ0) is 28.8. The van der Waals surface area contributed by atoms with E-state index < -0.39 is 0 Å². The normalized spacial score (nSPS) is 12.1. The third-order valence-corrected chi connectivity index (χ3v) is 9.47. The van der Waals surface area contributed by atoms with E-state index in [9.17, 15) is 0 Å². The van der Waals surface area contributed by atoms with Crippen LogP contribution in [0.1, 0.15) is 0 Å². The molecule has 2 nitrogen and oxygen atoms in total. The molecule has 0 fully saturated rings. The fourth-order valence-corrected chi connectivity index (χ4v) is 7.67. The average molecular weight is 559 g/mol. The van der Waals surface area contributed by atoms with Gasteiger partial charge in [0.2, 0.25) is 0 Å². The molecule has 8 aromatic carbocycles. The fraction of sp³-hybridized carbons (Fsp3) is 0. The number of aromatic nitrogens is 2. The number of hydrogen-bond donors (Lipinski definition) is 0. The van der Waals surface area contributed by atoms with Crippen LogP contribution in [0.4, 0.5) is 0 Å². The number of nitrogens with zero attached hydrogens (tertiary/aromatic N) is 2. The van der Waals surface area contributed by atoms with Crippen molar-refractivity contribution < 1.29 is 0 Å². The van der Waals surface area contributed by atoms with E-state index in [0.717, 1.165) is 0 Å². The van der Waals surface area contributed by atoms with Gasteiger partial charge in [-0.05, 0) is 74.8 Å². The van der Waals surface area contributed by atoms with Gasteiger partial charge in [-0.2, -0.15) is 0 Å². The highest BCUT2D eigenvalue weighted by Gasteiger charge is 2.21. The van der Waals surface area contributed by atoms with Gasteiger partial charge in [-0.3, -0.25) is 0 Å². The molecule has 0 aliphatic carbocycles. The maximum atomic E-state index is 2.46. The van der Waals surface area contributed by atoms with Crippen LogP contribution >= 0.6 is 0 Å². The van der Waals surface area contributed by atoms with Crippen LogP contribution in [-0.4, -0.2) is 9.13 Å². The van der Waals surface area contributed by atoms with Crippen LogP contribution in [0.15, 0.2) is 158 Å². The molecule has 0 aliphatic rings. The first-order chi connectivity index (χ1) is 21.9. The van der Waals surface area contributed by atoms with Crippen LogP contribution in [0.5, 0.6) is 0 Å². The Morgan fingerprint density at radius 1 is 0.273 bits per heavy atom. The van der Waals surface area contributed by atoms with Crippen LogP contribution in [0.2, 0.25) is 0 Å². The summed E-state index contributed by atoms with van der Waals surface area (Å²) < 4.78 is 4.91. The third-order valence-electron chi connectivity index (χ3n) is 9.47. The lowest BCUT2D eigenvalue weighted by Crippen LogP contribution is -1.95. The smallest absolute Gasteiger partial charge is 0.0641 e. The zero-order valence-corrected chi connectivity index (χ0v) is 23.9. The van der Waals surface area contributed by atoms with Gasteiger partial charge in [-0.15, -0.1) is 0 Å². The number of benzene rings is 8. The Labute approximate surface area is 253 Å². The van der Waals surface area contributed by atoms with Crippen molar-refractivity contribution in [3.05, 3.63) is 158 Å². The number of fused-ring (bicyclic) bond motifs is 13. The second-order valence-corrected chi connectivity index (χ2v) is 11.7. The number of hydrogen-bond acceptors (Lipinski definition) is 0. The van der Waals surface area contributed by atoms with E-state index in [-0.39, 0.29) is 0 Å². The summed E-state index contributed by atoms with van der Waals surface area (Å²) in [5.41, 5.74) is 7.24. The number of para-hydroxylation sites is 3. The predicted octanol–water partition coefficient (Wildman–Crippen LogP) is 11.3. The molecule has 0 spiro atoms. The lowest BCUT2D eigenvalue weighted by Gasteiger charge is -2.14. The molecular formula is C42H26N2. The Bertz CT molecular complexity index is 2730. The van der Waals surface area contributed by atoms with Crippen LogP contribution < -0.4 is 0 Å². The highest BCUT2D eigenvalue weighted by Crippen LogP contribution is 2.43. The molecule has 0 saturated heterocycles. The Hall–Kier alpha value is -5.86. The molecule has 2 heteroatoms. The summed E-state index contributed by atoms with van der Waals surface area (Å²) in [6.45, 7) is 0. The molecule has 0 atom stereocenters. The second-order valence-electron chi connectivity index (χ2n) is 11.7. The highest BCUT2D eigenvalue weighted by molar-refractivity contribution is 6.27. The fourth-order valence-electron chi connectivity index (χ4n) is 7.67. The van der Waals surface area contributed by atoms with Gasteiger partial charge in [0.05, 0.1) is 22.1 Å². The first-order valence-corrected chi connectivity index (χ1v) is 15.2. The van der Waals surface area contributed by atoms with E-state index in [0.29, 0.717) is 0 Å². The van der Waals surface area contributed by atoms with Gasteiger partial charge in [0.25, 0.3) is 0 Å². The van der Waals surface area contributed by atoms with E-state index in [1.54, 1.807) is 0 Å². The largest absolute Gasteiger partial charge is 0.309 e. The van der Waals surface area contributed by atoms with Gasteiger partial charge in [0.15, 0.2) is 0 Å². The molecule has 0 radical (unpaired) electrons. The average Bonchev–Trinajstić information content (AvgIpc) is 3.61. The summed E-state index contributed by atoms with van der Waals surface area (Å²) in [5, 5.41) is 12.8. The molecule has 2 heterocycles. The van der Waals surface area contributed by atoms with Crippen molar-refractivity contribution in [1.29, 1.82) is 0 Å². The van der Waals surface area contributed by atoms with E-state index >= 15 is 0 Å². The lowest BCUT2D eigenvalue weighted by molar-refractivity contribution is 1.18. The summed E-state index contributed by atoms with van der Waals surface area (Å²) in [7, 11) is 0. The van der Waals surface area contributed by atoms with E-state index in [4.69, 9.17) is 0 Å². The summed E-state index contributed by atoms with van der Waals surface area (Å²) in [6.07, 6.45) is 0. The summed E-state index contributed by atoms with van der Waals surface area (Å²) in [5.74, 6) is 0. The molecule has 44 heavy (non-hydrogen) atoms. The lowest BCUT2D eigenvalue weighted by atomic mass is 9.94. The van der Waals surface area contributed by atoms with Crippen molar-refractivity contribution in [2.45, 2.75) is 0 Å². The van der Waals surface area contributed by atoms with Crippen molar-refractivity contribution >= 4 is 75.9 Å². The van der Waals surface area contributed by atoms with Gasteiger partial charge in [-0.25, -0.2) is 0 Å². The molecular weight excluding hydrogens is 532 g/mol. The summed E-state index contributed by atoms with van der Waals surface area (Å²) >= 11 is 0. The third kappa shape index (κ3) is 3.09. The maximum absolute atomic E-state index is 2.46. The van der Waals surface area contributed by atoms with Crippen LogP contribution in [0.25, 0.3) is 87.3 Å². The molecule has 0 bridgehead atoms.